The normalized spacial score (nSPS) is 8.00. The van der Waals surface area contributed by atoms with Crippen molar-refractivity contribution in [3.63, 3.8) is 0 Å². The Hall–Kier alpha value is -1.17. The fraction of sp³-hybridized carbons (Fsp3) is 0.800. The molecule has 2 N–H and O–H groups in total. The van der Waals surface area contributed by atoms with Gasteiger partial charge in [0.15, 0.2) is 11.9 Å². The summed E-state index contributed by atoms with van der Waals surface area (Å²) in [4.78, 5) is 7.00. The summed E-state index contributed by atoms with van der Waals surface area (Å²) in [7, 11) is 14.8. The van der Waals surface area contributed by atoms with E-state index >= 15 is 0 Å². The van der Waals surface area contributed by atoms with Crippen LogP contribution in [0.5, 0.6) is 0 Å². The molecule has 0 saturated heterocycles. The highest BCUT2D eigenvalue weighted by Crippen LogP contribution is 1.81. The van der Waals surface area contributed by atoms with E-state index in [9.17, 15) is 0 Å². The van der Waals surface area contributed by atoms with Crippen LogP contribution in [0.25, 0.3) is 0 Å². The smallest absolute Gasteiger partial charge is 0.192 e. The van der Waals surface area contributed by atoms with Gasteiger partial charge in [-0.1, -0.05) is 0 Å². The van der Waals surface area contributed by atoms with Gasteiger partial charge >= 0.3 is 0 Å². The van der Waals surface area contributed by atoms with E-state index < -0.39 is 0 Å². The third-order valence-corrected chi connectivity index (χ3v) is 1.69. The molecular formula is C10H27ClN6. The van der Waals surface area contributed by atoms with Crippen LogP contribution in [-0.4, -0.2) is 87.9 Å². The topological polar surface area (TPSA) is 60.7 Å². The molecule has 0 bridgehead atoms. The maximum atomic E-state index is 7.25. The lowest BCUT2D eigenvalue weighted by molar-refractivity contribution is 0.478. The summed E-state index contributed by atoms with van der Waals surface area (Å²) in [6, 6.07) is 0. The number of nitrogens with one attached hydrogen (secondary N) is 2. The molecule has 0 aromatic carbocycles. The summed E-state index contributed by atoms with van der Waals surface area (Å²) in [6.07, 6.45) is 0. The third-order valence-electron chi connectivity index (χ3n) is 1.69. The SMILES string of the molecule is CN(C)C(=N)N(C)C.CN(C)C(=N)N(C)C.Cl. The molecule has 0 aliphatic heterocycles. The molecule has 104 valence electrons. The van der Waals surface area contributed by atoms with Crippen molar-refractivity contribution >= 4 is 24.3 Å². The molecule has 0 aliphatic rings. The van der Waals surface area contributed by atoms with Gasteiger partial charge in [0.1, 0.15) is 0 Å². The standard InChI is InChI=1S/2C5H13N3.ClH/c2*1-7(2)5(6)8(3)4;/h2*6H,1-4H3;1H. The molecule has 0 heterocycles. The minimum Gasteiger partial charge on any atom is -0.349 e. The number of halogens is 1. The second-order valence-electron chi connectivity index (χ2n) is 4.22. The Kier molecular flexibility index (Phi) is 12.5. The van der Waals surface area contributed by atoms with Gasteiger partial charge in [0.25, 0.3) is 0 Å². The Labute approximate surface area is 112 Å². The minimum absolute atomic E-state index is 0. The number of hydrogen-bond acceptors (Lipinski definition) is 2. The highest BCUT2D eigenvalue weighted by Gasteiger charge is 1.98. The van der Waals surface area contributed by atoms with E-state index in [1.807, 2.05) is 56.4 Å². The molecule has 7 heteroatoms. The van der Waals surface area contributed by atoms with Gasteiger partial charge in [0, 0.05) is 56.4 Å². The van der Waals surface area contributed by atoms with Crippen LogP contribution in [0.15, 0.2) is 0 Å². The van der Waals surface area contributed by atoms with E-state index in [1.54, 1.807) is 19.6 Å². The highest BCUT2D eigenvalue weighted by molar-refractivity contribution is 5.85. The van der Waals surface area contributed by atoms with Gasteiger partial charge in [0.2, 0.25) is 0 Å². The first-order chi connectivity index (χ1) is 7.11. The average molecular weight is 267 g/mol. The van der Waals surface area contributed by atoms with Gasteiger partial charge in [0.05, 0.1) is 0 Å². The van der Waals surface area contributed by atoms with Crippen LogP contribution in [0, 0.1) is 10.8 Å². The number of rotatable bonds is 0. The Balaban J connectivity index is -0.000000218. The van der Waals surface area contributed by atoms with Crippen LogP contribution in [0.3, 0.4) is 0 Å². The first-order valence-corrected chi connectivity index (χ1v) is 4.97. The lowest BCUT2D eigenvalue weighted by Gasteiger charge is -2.19. The summed E-state index contributed by atoms with van der Waals surface area (Å²) in [5.74, 6) is 1.04. The van der Waals surface area contributed by atoms with Crippen molar-refractivity contribution in [3.05, 3.63) is 0 Å². The van der Waals surface area contributed by atoms with Crippen LogP contribution in [0.1, 0.15) is 0 Å². The predicted molar refractivity (Wildman–Crippen MR) is 77.4 cm³/mol. The molecule has 6 nitrogen and oxygen atoms in total. The molecule has 0 unspecified atom stereocenters. The van der Waals surface area contributed by atoms with Gasteiger partial charge in [-0.2, -0.15) is 0 Å². The van der Waals surface area contributed by atoms with Crippen molar-refractivity contribution in [2.45, 2.75) is 0 Å². The van der Waals surface area contributed by atoms with E-state index in [-0.39, 0.29) is 12.4 Å². The first-order valence-electron chi connectivity index (χ1n) is 4.97. The van der Waals surface area contributed by atoms with Crippen molar-refractivity contribution in [3.8, 4) is 0 Å². The van der Waals surface area contributed by atoms with Crippen LogP contribution >= 0.6 is 12.4 Å². The van der Waals surface area contributed by atoms with Crippen LogP contribution in [-0.2, 0) is 0 Å². The predicted octanol–water partition coefficient (Wildman–Crippen LogP) is 0.511. The zero-order valence-electron chi connectivity index (χ0n) is 12.2. The fourth-order valence-corrected chi connectivity index (χ4v) is 0.800. The van der Waals surface area contributed by atoms with Gasteiger partial charge in [-0.3, -0.25) is 10.8 Å². The molecule has 0 amide bonds. The van der Waals surface area contributed by atoms with Gasteiger partial charge in [-0.25, -0.2) is 0 Å². The minimum atomic E-state index is 0. The van der Waals surface area contributed by atoms with E-state index in [0.29, 0.717) is 11.9 Å². The molecule has 0 saturated carbocycles. The summed E-state index contributed by atoms with van der Waals surface area (Å²) in [6.45, 7) is 0. The van der Waals surface area contributed by atoms with Crippen molar-refractivity contribution in [1.29, 1.82) is 10.8 Å². The van der Waals surface area contributed by atoms with Crippen molar-refractivity contribution in [2.75, 3.05) is 56.4 Å². The molecule has 0 rings (SSSR count). The fourth-order valence-electron chi connectivity index (χ4n) is 0.800. The molecule has 0 atom stereocenters. The summed E-state index contributed by atoms with van der Waals surface area (Å²) in [5.41, 5.74) is 0. The summed E-state index contributed by atoms with van der Waals surface area (Å²) >= 11 is 0. The summed E-state index contributed by atoms with van der Waals surface area (Å²) in [5, 5.41) is 14.5. The molecule has 0 aromatic rings. The Morgan fingerprint density at radius 1 is 0.529 bits per heavy atom. The van der Waals surface area contributed by atoms with Crippen LogP contribution in [0.2, 0.25) is 0 Å². The van der Waals surface area contributed by atoms with Gasteiger partial charge in [-0.15, -0.1) is 12.4 Å². The second-order valence-corrected chi connectivity index (χ2v) is 4.22. The van der Waals surface area contributed by atoms with Crippen LogP contribution < -0.4 is 0 Å². The van der Waals surface area contributed by atoms with Crippen LogP contribution in [0.4, 0.5) is 0 Å². The zero-order chi connectivity index (χ0) is 13.5. The molecule has 0 spiro atoms. The molecular weight excluding hydrogens is 240 g/mol. The Morgan fingerprint density at radius 3 is 0.647 bits per heavy atom. The average Bonchev–Trinajstić information content (AvgIpc) is 2.15. The van der Waals surface area contributed by atoms with Crippen molar-refractivity contribution in [2.24, 2.45) is 0 Å². The number of hydrogen-bond donors (Lipinski definition) is 2. The third kappa shape index (κ3) is 11.1. The lowest BCUT2D eigenvalue weighted by atomic mass is 10.7. The monoisotopic (exact) mass is 266 g/mol. The van der Waals surface area contributed by atoms with Crippen molar-refractivity contribution in [1.82, 2.24) is 19.6 Å². The lowest BCUT2D eigenvalue weighted by Crippen LogP contribution is -2.34. The van der Waals surface area contributed by atoms with E-state index in [1.165, 1.54) is 0 Å². The summed E-state index contributed by atoms with van der Waals surface area (Å²) < 4.78 is 0. The molecule has 0 aliphatic carbocycles. The van der Waals surface area contributed by atoms with Gasteiger partial charge < -0.3 is 19.6 Å². The van der Waals surface area contributed by atoms with Crippen molar-refractivity contribution < 1.29 is 0 Å². The second kappa shape index (κ2) is 10.0. The molecule has 0 fully saturated rings. The molecule has 17 heavy (non-hydrogen) atoms. The molecule has 0 aromatic heterocycles. The largest absolute Gasteiger partial charge is 0.349 e. The maximum absolute atomic E-state index is 7.25. The first kappa shape index (κ1) is 21.1. The number of nitrogens with zero attached hydrogens (tertiary/aromatic N) is 4. The van der Waals surface area contributed by atoms with E-state index in [2.05, 4.69) is 0 Å². The zero-order valence-corrected chi connectivity index (χ0v) is 13.0. The quantitative estimate of drug-likeness (QED) is 0.496. The highest BCUT2D eigenvalue weighted by atomic mass is 35.5. The number of guanidine groups is 2. The Morgan fingerprint density at radius 2 is 0.647 bits per heavy atom. The van der Waals surface area contributed by atoms with Gasteiger partial charge in [-0.05, 0) is 0 Å². The van der Waals surface area contributed by atoms with E-state index in [0.717, 1.165) is 0 Å². The maximum Gasteiger partial charge on any atom is 0.192 e. The molecule has 0 radical (unpaired) electrons. The Bertz CT molecular complexity index is 181. The van der Waals surface area contributed by atoms with E-state index in [4.69, 9.17) is 10.8 Å².